The number of hydrogen-bond donors (Lipinski definition) is 1. The van der Waals surface area contributed by atoms with Gasteiger partial charge in [-0.15, -0.1) is 0 Å². The zero-order chi connectivity index (χ0) is 20.8. The number of aryl methyl sites for hydroxylation is 2. The lowest BCUT2D eigenvalue weighted by Crippen LogP contribution is -2.40. The van der Waals surface area contributed by atoms with E-state index in [2.05, 4.69) is 12.2 Å². The van der Waals surface area contributed by atoms with Crippen molar-refractivity contribution in [2.24, 2.45) is 5.92 Å². The van der Waals surface area contributed by atoms with Gasteiger partial charge in [-0.05, 0) is 37.3 Å². The Morgan fingerprint density at radius 1 is 1.10 bits per heavy atom. The number of benzene rings is 1. The zero-order valence-electron chi connectivity index (χ0n) is 17.5. The molecule has 1 aromatic carbocycles. The van der Waals surface area contributed by atoms with Gasteiger partial charge in [0.2, 0.25) is 11.8 Å². The van der Waals surface area contributed by atoms with E-state index in [9.17, 15) is 14.4 Å². The first-order valence-corrected chi connectivity index (χ1v) is 10.7. The topological polar surface area (TPSA) is 76.3 Å². The van der Waals surface area contributed by atoms with Gasteiger partial charge in [0.05, 0.1) is 11.0 Å². The summed E-state index contributed by atoms with van der Waals surface area (Å²) in [5.41, 5.74) is 1.68. The number of fused-ring (bicyclic) bond motifs is 1. The van der Waals surface area contributed by atoms with E-state index in [1.807, 2.05) is 36.1 Å². The monoisotopic (exact) mass is 400 g/mol. The number of aromatic nitrogens is 2. The van der Waals surface area contributed by atoms with Crippen molar-refractivity contribution in [3.05, 3.63) is 34.7 Å². The molecule has 29 heavy (non-hydrogen) atoms. The number of carbonyl (C=O) groups excluding carboxylic acids is 2. The average molecular weight is 401 g/mol. The second-order valence-corrected chi connectivity index (χ2v) is 8.01. The molecule has 1 fully saturated rings. The van der Waals surface area contributed by atoms with Gasteiger partial charge >= 0.3 is 5.69 Å². The number of hydrogen-bond acceptors (Lipinski definition) is 3. The van der Waals surface area contributed by atoms with Crippen LogP contribution in [0.1, 0.15) is 46.0 Å². The molecular weight excluding hydrogens is 368 g/mol. The van der Waals surface area contributed by atoms with E-state index in [-0.39, 0.29) is 23.9 Å². The summed E-state index contributed by atoms with van der Waals surface area (Å²) in [6.07, 6.45) is 3.65. The number of carbonyl (C=O) groups is 2. The number of nitrogens with one attached hydrogen (secondary N) is 1. The molecule has 0 radical (unpaired) electrons. The van der Waals surface area contributed by atoms with Crippen LogP contribution < -0.4 is 11.0 Å². The van der Waals surface area contributed by atoms with E-state index in [0.717, 1.165) is 37.0 Å². The fraction of sp³-hybridized carbons (Fsp3) is 0.591. The summed E-state index contributed by atoms with van der Waals surface area (Å²) in [5.74, 6) is 0.523. The van der Waals surface area contributed by atoms with Crippen LogP contribution in [-0.4, -0.2) is 45.5 Å². The molecule has 7 heteroatoms. The minimum absolute atomic E-state index is 0.0738. The molecule has 1 saturated heterocycles. The highest BCUT2D eigenvalue weighted by atomic mass is 16.2. The van der Waals surface area contributed by atoms with Crippen LogP contribution in [0.15, 0.2) is 29.1 Å². The van der Waals surface area contributed by atoms with E-state index in [1.165, 1.54) is 6.42 Å². The van der Waals surface area contributed by atoms with E-state index in [1.54, 1.807) is 9.13 Å². The molecule has 2 heterocycles. The summed E-state index contributed by atoms with van der Waals surface area (Å²) in [4.78, 5) is 39.2. The average Bonchev–Trinajstić information content (AvgIpc) is 2.98. The number of rotatable bonds is 8. The maximum absolute atomic E-state index is 12.7. The molecule has 1 aromatic heterocycles. The smallest absolute Gasteiger partial charge is 0.329 e. The molecule has 0 bridgehead atoms. The predicted octanol–water partition coefficient (Wildman–Crippen LogP) is 2.37. The normalized spacial score (nSPS) is 16.9. The molecule has 0 aliphatic carbocycles. The number of imidazole rings is 1. The summed E-state index contributed by atoms with van der Waals surface area (Å²) in [6.45, 7) is 7.18. The Morgan fingerprint density at radius 3 is 2.45 bits per heavy atom. The van der Waals surface area contributed by atoms with Crippen LogP contribution in [0, 0.1) is 5.92 Å². The third-order valence-corrected chi connectivity index (χ3v) is 5.61. The van der Waals surface area contributed by atoms with Crippen LogP contribution >= 0.6 is 0 Å². The lowest BCUT2D eigenvalue weighted by molar-refractivity contribution is -0.132. The SMILES string of the molecule is CCCn1c(=O)n(CCC(=O)NCCC(=O)N2CCCC(C)C2)c2ccccc21. The quantitative estimate of drug-likeness (QED) is 0.739. The molecule has 1 N–H and O–H groups in total. The molecular formula is C22H32N4O3. The largest absolute Gasteiger partial charge is 0.356 e. The van der Waals surface area contributed by atoms with Crippen LogP contribution in [0.5, 0.6) is 0 Å². The van der Waals surface area contributed by atoms with Gasteiger partial charge in [0.25, 0.3) is 0 Å². The maximum Gasteiger partial charge on any atom is 0.329 e. The first kappa shape index (κ1) is 21.1. The number of likely N-dealkylation sites (tertiary alicyclic amines) is 1. The van der Waals surface area contributed by atoms with Gasteiger partial charge in [-0.3, -0.25) is 18.7 Å². The molecule has 2 aromatic rings. The number of nitrogens with zero attached hydrogens (tertiary/aromatic N) is 3. The highest BCUT2D eigenvalue weighted by Crippen LogP contribution is 2.16. The van der Waals surface area contributed by atoms with Gasteiger partial charge in [0.15, 0.2) is 0 Å². The van der Waals surface area contributed by atoms with Crippen LogP contribution in [0.4, 0.5) is 0 Å². The summed E-state index contributed by atoms with van der Waals surface area (Å²) < 4.78 is 3.44. The molecule has 0 spiro atoms. The van der Waals surface area contributed by atoms with Gasteiger partial charge in [-0.2, -0.15) is 0 Å². The van der Waals surface area contributed by atoms with Gasteiger partial charge in [0, 0.05) is 45.6 Å². The first-order chi connectivity index (χ1) is 14.0. The lowest BCUT2D eigenvalue weighted by Gasteiger charge is -2.31. The number of amides is 2. The van der Waals surface area contributed by atoms with Crippen molar-refractivity contribution in [2.45, 2.75) is 59.0 Å². The van der Waals surface area contributed by atoms with Crippen LogP contribution in [0.3, 0.4) is 0 Å². The Kier molecular flexibility index (Phi) is 7.12. The standard InChI is InChI=1S/C22H32N4O3/c1-3-13-25-18-8-4-5-9-19(18)26(22(25)29)15-11-20(27)23-12-10-21(28)24-14-6-7-17(2)16-24/h4-5,8-9,17H,3,6-7,10-16H2,1-2H3,(H,23,27). The minimum atomic E-state index is -0.135. The summed E-state index contributed by atoms with van der Waals surface area (Å²) in [5, 5.41) is 2.82. The highest BCUT2D eigenvalue weighted by Gasteiger charge is 2.20. The highest BCUT2D eigenvalue weighted by molar-refractivity contribution is 5.79. The molecule has 1 aliphatic rings. The van der Waals surface area contributed by atoms with E-state index in [0.29, 0.717) is 32.0 Å². The first-order valence-electron chi connectivity index (χ1n) is 10.7. The maximum atomic E-state index is 12.7. The second-order valence-electron chi connectivity index (χ2n) is 8.01. The van der Waals surface area contributed by atoms with Gasteiger partial charge in [0.1, 0.15) is 0 Å². The van der Waals surface area contributed by atoms with E-state index in [4.69, 9.17) is 0 Å². The van der Waals surface area contributed by atoms with Crippen molar-refractivity contribution in [2.75, 3.05) is 19.6 Å². The Bertz CT molecular complexity index is 914. The van der Waals surface area contributed by atoms with Gasteiger partial charge in [-0.1, -0.05) is 26.0 Å². The van der Waals surface area contributed by atoms with Crippen molar-refractivity contribution in [3.8, 4) is 0 Å². The van der Waals surface area contributed by atoms with E-state index >= 15 is 0 Å². The van der Waals surface area contributed by atoms with E-state index < -0.39 is 0 Å². The van der Waals surface area contributed by atoms with Crippen molar-refractivity contribution >= 4 is 22.8 Å². The Labute approximate surface area is 171 Å². The van der Waals surface area contributed by atoms with Crippen LogP contribution in [-0.2, 0) is 22.7 Å². The van der Waals surface area contributed by atoms with Crippen molar-refractivity contribution in [3.63, 3.8) is 0 Å². The molecule has 1 aliphatic heterocycles. The number of para-hydroxylation sites is 2. The molecule has 7 nitrogen and oxygen atoms in total. The summed E-state index contributed by atoms with van der Waals surface area (Å²) in [7, 11) is 0. The molecule has 158 valence electrons. The van der Waals surface area contributed by atoms with Crippen molar-refractivity contribution in [1.29, 1.82) is 0 Å². The Morgan fingerprint density at radius 2 is 1.79 bits per heavy atom. The fourth-order valence-electron chi connectivity index (χ4n) is 4.11. The summed E-state index contributed by atoms with van der Waals surface area (Å²) in [6, 6.07) is 7.68. The Hall–Kier alpha value is -2.57. The zero-order valence-corrected chi connectivity index (χ0v) is 17.5. The van der Waals surface area contributed by atoms with Gasteiger partial charge < -0.3 is 10.2 Å². The van der Waals surface area contributed by atoms with Gasteiger partial charge in [-0.25, -0.2) is 4.79 Å². The van der Waals surface area contributed by atoms with Crippen molar-refractivity contribution < 1.29 is 9.59 Å². The molecule has 1 atom stereocenters. The third-order valence-electron chi connectivity index (χ3n) is 5.61. The van der Waals surface area contributed by atoms with Crippen molar-refractivity contribution in [1.82, 2.24) is 19.4 Å². The predicted molar refractivity (Wildman–Crippen MR) is 114 cm³/mol. The lowest BCUT2D eigenvalue weighted by atomic mass is 10.00. The molecule has 3 rings (SSSR count). The second kappa shape index (κ2) is 9.76. The third kappa shape index (κ3) is 5.08. The molecule has 1 unspecified atom stereocenters. The van der Waals surface area contributed by atoms with Crippen LogP contribution in [0.2, 0.25) is 0 Å². The number of piperidine rings is 1. The van der Waals surface area contributed by atoms with Crippen LogP contribution in [0.25, 0.3) is 11.0 Å². The molecule has 2 amide bonds. The fourth-order valence-corrected chi connectivity index (χ4v) is 4.11. The Balaban J connectivity index is 1.51. The molecule has 0 saturated carbocycles. The minimum Gasteiger partial charge on any atom is -0.356 e. The summed E-state index contributed by atoms with van der Waals surface area (Å²) >= 11 is 0.